The van der Waals surface area contributed by atoms with Crippen molar-refractivity contribution in [2.75, 3.05) is 6.61 Å². The topological polar surface area (TPSA) is 92.7 Å². The van der Waals surface area contributed by atoms with Crippen LogP contribution in [0, 0.1) is 0 Å². The Morgan fingerprint density at radius 1 is 1.33 bits per heavy atom. The summed E-state index contributed by atoms with van der Waals surface area (Å²) in [5.41, 5.74) is 0. The summed E-state index contributed by atoms with van der Waals surface area (Å²) in [6, 6.07) is -1.21. The van der Waals surface area contributed by atoms with Crippen LogP contribution in [0.25, 0.3) is 0 Å². The Bertz CT molecular complexity index is 251. The van der Waals surface area contributed by atoms with E-state index in [9.17, 15) is 14.4 Å². The molecule has 86 valence electrons. The van der Waals surface area contributed by atoms with Gasteiger partial charge in [-0.15, -0.1) is 0 Å². The van der Waals surface area contributed by atoms with Gasteiger partial charge in [-0.05, 0) is 6.92 Å². The van der Waals surface area contributed by atoms with Gasteiger partial charge in [-0.2, -0.15) is 0 Å². The lowest BCUT2D eigenvalue weighted by Crippen LogP contribution is -2.42. The van der Waals surface area contributed by atoms with E-state index in [4.69, 9.17) is 5.11 Å². The van der Waals surface area contributed by atoms with Crippen LogP contribution in [-0.2, 0) is 14.3 Å². The molecular formula is C9H15NO5. The number of nitrogens with one attached hydrogen (secondary N) is 1. The maximum atomic E-state index is 11.0. The van der Waals surface area contributed by atoms with Crippen LogP contribution < -0.4 is 5.32 Å². The molecule has 0 radical (unpaired) electrons. The van der Waals surface area contributed by atoms with Gasteiger partial charge in [0.25, 0.3) is 0 Å². The second-order valence-corrected chi connectivity index (χ2v) is 2.85. The summed E-state index contributed by atoms with van der Waals surface area (Å²) in [6.07, 6.45) is -0.798. The lowest BCUT2D eigenvalue weighted by molar-refractivity contribution is -0.141. The minimum Gasteiger partial charge on any atom is -0.480 e. The number of amides is 1. The molecule has 6 heteroatoms. The number of carbonyl (C=O) groups is 3. The molecule has 0 aliphatic rings. The minimum absolute atomic E-state index is 0.153. The van der Waals surface area contributed by atoms with E-state index in [0.29, 0.717) is 0 Å². The van der Waals surface area contributed by atoms with E-state index in [-0.39, 0.29) is 25.2 Å². The highest BCUT2D eigenvalue weighted by Crippen LogP contribution is 1.98. The van der Waals surface area contributed by atoms with Crippen LogP contribution in [0.15, 0.2) is 0 Å². The van der Waals surface area contributed by atoms with Gasteiger partial charge in [-0.3, -0.25) is 4.79 Å². The van der Waals surface area contributed by atoms with Gasteiger partial charge in [0.05, 0.1) is 6.61 Å². The zero-order valence-electron chi connectivity index (χ0n) is 8.78. The molecule has 0 bridgehead atoms. The molecular weight excluding hydrogens is 202 g/mol. The van der Waals surface area contributed by atoms with Gasteiger partial charge < -0.3 is 15.2 Å². The number of carbonyl (C=O) groups excluding carboxylic acids is 2. The molecule has 2 N–H and O–H groups in total. The first kappa shape index (κ1) is 13.4. The molecule has 0 saturated carbocycles. The number of carboxylic acids is 1. The lowest BCUT2D eigenvalue weighted by Gasteiger charge is -2.12. The summed E-state index contributed by atoms with van der Waals surface area (Å²) < 4.78 is 4.51. The highest BCUT2D eigenvalue weighted by molar-refractivity contribution is 5.87. The van der Waals surface area contributed by atoms with Gasteiger partial charge >= 0.3 is 12.1 Å². The molecule has 0 aromatic carbocycles. The molecule has 0 aromatic heterocycles. The standard InChI is InChI=1S/C9H15NO5/c1-3-6(11)5-7(8(12)13)10-9(14)15-4-2/h7H,3-5H2,1-2H3,(H,10,14)(H,12,13). The lowest BCUT2D eigenvalue weighted by atomic mass is 10.1. The van der Waals surface area contributed by atoms with Crippen LogP contribution in [0.3, 0.4) is 0 Å². The fourth-order valence-corrected chi connectivity index (χ4v) is 0.887. The first-order valence-corrected chi connectivity index (χ1v) is 4.69. The summed E-state index contributed by atoms with van der Waals surface area (Å²) in [6.45, 7) is 3.39. The van der Waals surface area contributed by atoms with Crippen LogP contribution in [0.1, 0.15) is 26.7 Å². The highest BCUT2D eigenvalue weighted by Gasteiger charge is 2.22. The molecule has 15 heavy (non-hydrogen) atoms. The third-order valence-corrected chi connectivity index (χ3v) is 1.69. The average Bonchev–Trinajstić information content (AvgIpc) is 2.16. The first-order valence-electron chi connectivity index (χ1n) is 4.69. The Balaban J connectivity index is 4.22. The van der Waals surface area contributed by atoms with Crippen LogP contribution in [0.4, 0.5) is 4.79 Å². The van der Waals surface area contributed by atoms with Gasteiger partial charge in [0.1, 0.15) is 11.8 Å². The van der Waals surface area contributed by atoms with Gasteiger partial charge in [-0.25, -0.2) is 9.59 Å². The molecule has 0 aromatic rings. The number of ether oxygens (including phenoxy) is 1. The molecule has 0 heterocycles. The van der Waals surface area contributed by atoms with Crippen LogP contribution in [0.5, 0.6) is 0 Å². The van der Waals surface area contributed by atoms with Crippen molar-refractivity contribution in [3.63, 3.8) is 0 Å². The zero-order valence-corrected chi connectivity index (χ0v) is 8.78. The minimum atomic E-state index is -1.25. The summed E-state index contributed by atoms with van der Waals surface area (Å²) in [5, 5.41) is 10.8. The van der Waals surface area contributed by atoms with Crippen molar-refractivity contribution in [2.45, 2.75) is 32.7 Å². The third-order valence-electron chi connectivity index (χ3n) is 1.69. The van der Waals surface area contributed by atoms with Crippen molar-refractivity contribution in [3.8, 4) is 0 Å². The molecule has 0 aliphatic heterocycles. The third kappa shape index (κ3) is 5.66. The molecule has 0 saturated heterocycles. The van der Waals surface area contributed by atoms with Gasteiger partial charge in [0, 0.05) is 12.8 Å². The Hall–Kier alpha value is -1.59. The van der Waals surface area contributed by atoms with Crippen molar-refractivity contribution in [1.82, 2.24) is 5.32 Å². The van der Waals surface area contributed by atoms with Crippen LogP contribution in [0.2, 0.25) is 0 Å². The van der Waals surface area contributed by atoms with Crippen molar-refractivity contribution < 1.29 is 24.2 Å². The zero-order chi connectivity index (χ0) is 11.8. The fourth-order valence-electron chi connectivity index (χ4n) is 0.887. The normalized spacial score (nSPS) is 11.6. The second-order valence-electron chi connectivity index (χ2n) is 2.85. The number of aliphatic carboxylic acids is 1. The van der Waals surface area contributed by atoms with Gasteiger partial charge in [-0.1, -0.05) is 6.92 Å². The smallest absolute Gasteiger partial charge is 0.407 e. The molecule has 0 aliphatic carbocycles. The monoisotopic (exact) mass is 217 g/mol. The number of rotatable bonds is 6. The number of alkyl carbamates (subject to hydrolysis) is 1. The predicted octanol–water partition coefficient (Wildman–Crippen LogP) is 0.555. The van der Waals surface area contributed by atoms with E-state index in [1.807, 2.05) is 0 Å². The fraction of sp³-hybridized carbons (Fsp3) is 0.667. The van der Waals surface area contributed by atoms with Crippen LogP contribution >= 0.6 is 0 Å². The van der Waals surface area contributed by atoms with Crippen molar-refractivity contribution >= 4 is 17.8 Å². The van der Waals surface area contributed by atoms with E-state index in [2.05, 4.69) is 10.1 Å². The summed E-state index contributed by atoms with van der Waals surface area (Å²) in [7, 11) is 0. The first-order chi connectivity index (χ1) is 7.01. The molecule has 1 unspecified atom stereocenters. The molecule has 6 nitrogen and oxygen atoms in total. The molecule has 1 amide bonds. The number of hydrogen-bond donors (Lipinski definition) is 2. The number of Topliss-reactive ketones (excluding diaryl/α,β-unsaturated/α-hetero) is 1. The number of carboxylic acid groups (broad SMARTS) is 1. The Kier molecular flexibility index (Phi) is 6.08. The van der Waals surface area contributed by atoms with E-state index in [1.165, 1.54) is 0 Å². The average molecular weight is 217 g/mol. The Labute approximate surface area is 87.6 Å². The van der Waals surface area contributed by atoms with Crippen molar-refractivity contribution in [3.05, 3.63) is 0 Å². The van der Waals surface area contributed by atoms with Crippen LogP contribution in [-0.4, -0.2) is 35.6 Å². The maximum absolute atomic E-state index is 11.0. The summed E-state index contributed by atoms with van der Waals surface area (Å²) in [4.78, 5) is 32.6. The Morgan fingerprint density at radius 2 is 1.93 bits per heavy atom. The predicted molar refractivity (Wildman–Crippen MR) is 51.5 cm³/mol. The highest BCUT2D eigenvalue weighted by atomic mass is 16.5. The number of hydrogen-bond acceptors (Lipinski definition) is 4. The van der Waals surface area contributed by atoms with Gasteiger partial charge in [0.2, 0.25) is 0 Å². The molecule has 0 fully saturated rings. The van der Waals surface area contributed by atoms with E-state index < -0.39 is 18.1 Å². The molecule has 0 rings (SSSR count). The largest absolute Gasteiger partial charge is 0.480 e. The molecule has 0 spiro atoms. The van der Waals surface area contributed by atoms with E-state index >= 15 is 0 Å². The summed E-state index contributed by atoms with van der Waals surface area (Å²) in [5.74, 6) is -1.47. The number of ketones is 1. The van der Waals surface area contributed by atoms with Crippen molar-refractivity contribution in [1.29, 1.82) is 0 Å². The van der Waals surface area contributed by atoms with Crippen molar-refractivity contribution in [2.24, 2.45) is 0 Å². The van der Waals surface area contributed by atoms with E-state index in [0.717, 1.165) is 0 Å². The quantitative estimate of drug-likeness (QED) is 0.677. The SMILES string of the molecule is CCOC(=O)NC(CC(=O)CC)C(=O)O. The summed E-state index contributed by atoms with van der Waals surface area (Å²) >= 11 is 0. The Morgan fingerprint density at radius 3 is 2.33 bits per heavy atom. The van der Waals surface area contributed by atoms with E-state index in [1.54, 1.807) is 13.8 Å². The second kappa shape index (κ2) is 6.80. The molecule has 1 atom stereocenters. The maximum Gasteiger partial charge on any atom is 0.407 e. The van der Waals surface area contributed by atoms with Gasteiger partial charge in [0.15, 0.2) is 0 Å².